The van der Waals surface area contributed by atoms with E-state index in [0.717, 1.165) is 12.3 Å². The topological polar surface area (TPSA) is 207 Å². The van der Waals surface area contributed by atoms with E-state index in [1.54, 1.807) is 0 Å². The molecule has 1 saturated heterocycles. The summed E-state index contributed by atoms with van der Waals surface area (Å²) in [5, 5.41) is 10.2. The quantitative estimate of drug-likeness (QED) is 0.294. The van der Waals surface area contributed by atoms with Crippen LogP contribution in [0.5, 0.6) is 0 Å². The van der Waals surface area contributed by atoms with Gasteiger partial charge in [0.1, 0.15) is 12.7 Å². The van der Waals surface area contributed by atoms with E-state index in [1.165, 1.54) is 6.92 Å². The molecule has 2 heterocycles. The lowest BCUT2D eigenvalue weighted by Crippen LogP contribution is -2.48. The molecule has 160 valence electrons. The summed E-state index contributed by atoms with van der Waals surface area (Å²) in [7, 11) is -10.8. The monoisotopic (exact) mass is 450 g/mol. The molecule has 1 unspecified atom stereocenters. The van der Waals surface area contributed by atoms with Gasteiger partial charge in [-0.3, -0.25) is 18.9 Å². The molecule has 17 heteroatoms. The van der Waals surface area contributed by atoms with Crippen molar-refractivity contribution in [3.63, 3.8) is 0 Å². The van der Waals surface area contributed by atoms with Gasteiger partial charge in [0.15, 0.2) is 12.4 Å². The number of ether oxygens (including phenoxy) is 2. The molecule has 2 rings (SSSR count). The van der Waals surface area contributed by atoms with Gasteiger partial charge in [-0.25, -0.2) is 18.3 Å². The van der Waals surface area contributed by atoms with Crippen LogP contribution in [0, 0.1) is 0 Å². The first-order chi connectivity index (χ1) is 12.8. The van der Waals surface area contributed by atoms with Gasteiger partial charge in [-0.05, 0) is 6.92 Å². The standard InChI is InChI=1S/C11H17FN2O12P2/c1-2-23-11(5-24-28(21,22)26-27(18,19)20)8(16)7(12)9(25-11)14-4-3-6(15)13-10(14)17/h3-4,7-9,16H,2,5H2,1H3,(H,21,22)(H,13,15,17)(H2,18,19,20)/t7-,8+,9-,11-/m1/s1. The van der Waals surface area contributed by atoms with Crippen LogP contribution in [0.2, 0.25) is 0 Å². The first kappa shape index (κ1) is 23.0. The Morgan fingerprint density at radius 1 is 1.36 bits per heavy atom. The van der Waals surface area contributed by atoms with Crippen molar-refractivity contribution in [3.05, 3.63) is 33.1 Å². The van der Waals surface area contributed by atoms with Crippen molar-refractivity contribution in [2.24, 2.45) is 0 Å². The molecule has 0 aromatic carbocycles. The predicted molar refractivity (Wildman–Crippen MR) is 85.6 cm³/mol. The number of phosphoric ester groups is 1. The van der Waals surface area contributed by atoms with E-state index in [9.17, 15) is 33.1 Å². The number of aliphatic hydroxyl groups excluding tert-OH is 1. The number of hydrogen-bond acceptors (Lipinski definition) is 9. The van der Waals surface area contributed by atoms with Crippen LogP contribution in [0.1, 0.15) is 13.2 Å². The molecule has 0 saturated carbocycles. The third-order valence-electron chi connectivity index (χ3n) is 3.50. The molecule has 1 aromatic heterocycles. The minimum absolute atomic E-state index is 0.227. The normalized spacial score (nSPS) is 30.3. The summed E-state index contributed by atoms with van der Waals surface area (Å²) in [6.45, 7) is -0.0322. The van der Waals surface area contributed by atoms with Gasteiger partial charge in [-0.2, -0.15) is 4.31 Å². The number of phosphoric acid groups is 2. The predicted octanol–water partition coefficient (Wildman–Crippen LogP) is -1.28. The zero-order valence-electron chi connectivity index (χ0n) is 14.1. The van der Waals surface area contributed by atoms with E-state index >= 15 is 0 Å². The zero-order valence-corrected chi connectivity index (χ0v) is 15.9. The van der Waals surface area contributed by atoms with Crippen molar-refractivity contribution in [2.45, 2.75) is 31.2 Å². The van der Waals surface area contributed by atoms with Crippen molar-refractivity contribution in [1.29, 1.82) is 0 Å². The van der Waals surface area contributed by atoms with Gasteiger partial charge >= 0.3 is 21.3 Å². The van der Waals surface area contributed by atoms with Crippen LogP contribution in [0.25, 0.3) is 0 Å². The molecular weight excluding hydrogens is 433 g/mol. The van der Waals surface area contributed by atoms with Crippen LogP contribution >= 0.6 is 15.6 Å². The maximum Gasteiger partial charge on any atom is 0.481 e. The van der Waals surface area contributed by atoms with E-state index in [1.807, 2.05) is 4.98 Å². The molecule has 28 heavy (non-hydrogen) atoms. The molecule has 0 amide bonds. The van der Waals surface area contributed by atoms with Gasteiger partial charge in [0, 0.05) is 18.9 Å². The summed E-state index contributed by atoms with van der Waals surface area (Å²) in [5.74, 6) is -2.44. The van der Waals surface area contributed by atoms with Gasteiger partial charge in [0.2, 0.25) is 5.79 Å². The number of nitrogens with one attached hydrogen (secondary N) is 1. The highest BCUT2D eigenvalue weighted by Crippen LogP contribution is 2.58. The Balaban J connectivity index is 2.30. The van der Waals surface area contributed by atoms with Crippen LogP contribution in [-0.4, -0.2) is 60.6 Å². The van der Waals surface area contributed by atoms with E-state index in [-0.39, 0.29) is 6.61 Å². The number of halogens is 1. The van der Waals surface area contributed by atoms with Crippen molar-refractivity contribution < 1.29 is 51.6 Å². The lowest BCUT2D eigenvalue weighted by Gasteiger charge is -2.31. The number of hydrogen-bond donors (Lipinski definition) is 5. The molecule has 1 aromatic rings. The molecule has 0 aliphatic carbocycles. The summed E-state index contributed by atoms with van der Waals surface area (Å²) in [6, 6.07) is 0.886. The fraction of sp³-hybridized carbons (Fsp3) is 0.636. The van der Waals surface area contributed by atoms with Gasteiger partial charge in [-0.15, -0.1) is 0 Å². The molecule has 5 N–H and O–H groups in total. The SMILES string of the molecule is CCO[C@]1(COP(=O)(O)OP(=O)(O)O)O[C@@H](n2ccc(=O)[nH]c2=O)[C@H](F)[C@@H]1O. The minimum atomic E-state index is -5.42. The lowest BCUT2D eigenvalue weighted by molar-refractivity contribution is -0.277. The second-order valence-corrected chi connectivity index (χ2v) is 8.30. The number of aromatic nitrogens is 2. The van der Waals surface area contributed by atoms with Crippen molar-refractivity contribution in [3.8, 4) is 0 Å². The van der Waals surface area contributed by atoms with E-state index in [2.05, 4.69) is 8.83 Å². The van der Waals surface area contributed by atoms with Crippen molar-refractivity contribution in [2.75, 3.05) is 13.2 Å². The summed E-state index contributed by atoms with van der Waals surface area (Å²) in [4.78, 5) is 51.3. The fourth-order valence-electron chi connectivity index (χ4n) is 2.43. The molecule has 0 bridgehead atoms. The maximum atomic E-state index is 14.6. The van der Waals surface area contributed by atoms with Gasteiger partial charge < -0.3 is 29.3 Å². The maximum absolute atomic E-state index is 14.6. The average Bonchev–Trinajstić information content (AvgIpc) is 2.77. The molecule has 5 atom stereocenters. The smallest absolute Gasteiger partial charge is 0.384 e. The molecule has 14 nitrogen and oxygen atoms in total. The molecule has 0 radical (unpaired) electrons. The van der Waals surface area contributed by atoms with E-state index in [4.69, 9.17) is 19.3 Å². The van der Waals surface area contributed by atoms with Crippen LogP contribution in [0.4, 0.5) is 4.39 Å². The van der Waals surface area contributed by atoms with Crippen LogP contribution in [-0.2, 0) is 27.4 Å². The average molecular weight is 450 g/mol. The third-order valence-corrected chi connectivity index (χ3v) is 5.63. The number of H-pyrrole nitrogens is 1. The Hall–Kier alpha value is -1.25. The van der Waals surface area contributed by atoms with E-state index < -0.39 is 57.8 Å². The summed E-state index contributed by atoms with van der Waals surface area (Å²) in [6.07, 6.45) is -5.41. The van der Waals surface area contributed by atoms with Crippen LogP contribution in [0.3, 0.4) is 0 Å². The molecule has 0 spiro atoms. The summed E-state index contributed by atoms with van der Waals surface area (Å²) in [5.41, 5.74) is -1.84. The second kappa shape index (κ2) is 8.24. The van der Waals surface area contributed by atoms with Crippen molar-refractivity contribution >= 4 is 15.6 Å². The molecule has 1 aliphatic rings. The Labute approximate surface area is 155 Å². The Morgan fingerprint density at radius 2 is 2.00 bits per heavy atom. The Bertz CT molecular complexity index is 913. The number of rotatable bonds is 8. The van der Waals surface area contributed by atoms with Crippen LogP contribution < -0.4 is 11.2 Å². The number of alkyl halides is 1. The highest BCUT2D eigenvalue weighted by atomic mass is 31.3. The summed E-state index contributed by atoms with van der Waals surface area (Å²) >= 11 is 0. The largest absolute Gasteiger partial charge is 0.481 e. The Morgan fingerprint density at radius 3 is 2.54 bits per heavy atom. The zero-order chi connectivity index (χ0) is 21.3. The number of aliphatic hydroxyl groups is 1. The first-order valence-corrected chi connectivity index (χ1v) is 10.5. The fourth-order valence-corrected chi connectivity index (χ4v) is 4.04. The Kier molecular flexibility index (Phi) is 6.78. The second-order valence-electron chi connectivity index (χ2n) is 5.47. The minimum Gasteiger partial charge on any atom is -0.384 e. The molecule has 1 fully saturated rings. The van der Waals surface area contributed by atoms with Gasteiger partial charge in [0.05, 0.1) is 0 Å². The highest BCUT2D eigenvalue weighted by Gasteiger charge is 2.58. The number of aromatic amines is 1. The highest BCUT2D eigenvalue weighted by molar-refractivity contribution is 7.60. The van der Waals surface area contributed by atoms with E-state index in [0.29, 0.717) is 4.57 Å². The molecule has 1 aliphatic heterocycles. The van der Waals surface area contributed by atoms with Gasteiger partial charge in [0.25, 0.3) is 5.56 Å². The first-order valence-electron chi connectivity index (χ1n) is 7.50. The molecular formula is C11H17FN2O12P2. The summed E-state index contributed by atoms with van der Waals surface area (Å²) < 4.78 is 55.8. The lowest BCUT2D eigenvalue weighted by atomic mass is 10.1. The van der Waals surface area contributed by atoms with Gasteiger partial charge in [-0.1, -0.05) is 0 Å². The van der Waals surface area contributed by atoms with Crippen LogP contribution in [0.15, 0.2) is 21.9 Å². The third kappa shape index (κ3) is 5.21. The van der Waals surface area contributed by atoms with Crippen molar-refractivity contribution in [1.82, 2.24) is 9.55 Å². The number of nitrogens with zero attached hydrogens (tertiary/aromatic N) is 1.